The van der Waals surface area contributed by atoms with E-state index in [9.17, 15) is 5.11 Å². The van der Waals surface area contributed by atoms with Crippen molar-refractivity contribution in [3.8, 4) is 0 Å². The van der Waals surface area contributed by atoms with Crippen LogP contribution in [0.4, 0.5) is 5.69 Å². The Morgan fingerprint density at radius 3 is 2.78 bits per heavy atom. The van der Waals surface area contributed by atoms with Crippen LogP contribution in [0.15, 0.2) is 24.3 Å². The van der Waals surface area contributed by atoms with Gasteiger partial charge in [0.25, 0.3) is 0 Å². The first-order valence-electron chi connectivity index (χ1n) is 6.53. The molecule has 2 unspecified atom stereocenters. The van der Waals surface area contributed by atoms with Crippen molar-refractivity contribution in [2.24, 2.45) is 5.92 Å². The number of hydrogen-bond acceptors (Lipinski definition) is 4. The van der Waals surface area contributed by atoms with E-state index in [-0.39, 0.29) is 6.10 Å². The molecular formula is C14H23N3O. The van der Waals surface area contributed by atoms with Crippen LogP contribution < -0.4 is 15.5 Å². The second-order valence-electron chi connectivity index (χ2n) is 5.14. The third-order valence-corrected chi connectivity index (χ3v) is 3.50. The summed E-state index contributed by atoms with van der Waals surface area (Å²) in [5.41, 5.74) is 2.54. The predicted octanol–water partition coefficient (Wildman–Crippen LogP) is 0.422. The van der Waals surface area contributed by atoms with Crippen molar-refractivity contribution in [1.82, 2.24) is 10.6 Å². The quantitative estimate of drug-likeness (QED) is 0.708. The van der Waals surface area contributed by atoms with Crippen LogP contribution in [0, 0.1) is 5.92 Å². The molecule has 4 nitrogen and oxygen atoms in total. The molecule has 2 rings (SSSR count). The van der Waals surface area contributed by atoms with Gasteiger partial charge in [-0.15, -0.1) is 0 Å². The number of benzene rings is 1. The Labute approximate surface area is 109 Å². The molecule has 0 radical (unpaired) electrons. The van der Waals surface area contributed by atoms with Crippen LogP contribution in [-0.2, 0) is 6.54 Å². The largest absolute Gasteiger partial charge is 0.391 e. The Morgan fingerprint density at radius 1 is 1.33 bits per heavy atom. The fourth-order valence-corrected chi connectivity index (χ4v) is 2.42. The second kappa shape index (κ2) is 6.18. The number of rotatable bonds is 5. The van der Waals surface area contributed by atoms with Gasteiger partial charge in [-0.05, 0) is 11.6 Å². The SMILES string of the molecule is CN(C)c1ccccc1CNCC1CNCC1O. The minimum Gasteiger partial charge on any atom is -0.391 e. The lowest BCUT2D eigenvalue weighted by Crippen LogP contribution is -2.30. The number of β-amino-alcohol motifs (C(OH)–C–C–N with tert-alkyl or cyclic N) is 1. The fraction of sp³-hybridized carbons (Fsp3) is 0.571. The van der Waals surface area contributed by atoms with E-state index in [2.05, 4.69) is 53.9 Å². The topological polar surface area (TPSA) is 47.5 Å². The lowest BCUT2D eigenvalue weighted by Gasteiger charge is -2.19. The molecule has 0 saturated carbocycles. The minimum atomic E-state index is -0.207. The normalized spacial score (nSPS) is 23.3. The Bertz CT molecular complexity index is 381. The van der Waals surface area contributed by atoms with E-state index in [1.165, 1.54) is 11.3 Å². The summed E-state index contributed by atoms with van der Waals surface area (Å²) in [7, 11) is 4.12. The zero-order chi connectivity index (χ0) is 13.0. The molecule has 2 atom stereocenters. The molecule has 4 heteroatoms. The van der Waals surface area contributed by atoms with Crippen LogP contribution in [0.2, 0.25) is 0 Å². The Balaban J connectivity index is 1.86. The van der Waals surface area contributed by atoms with Crippen molar-refractivity contribution >= 4 is 5.69 Å². The summed E-state index contributed by atoms with van der Waals surface area (Å²) < 4.78 is 0. The number of aliphatic hydroxyl groups is 1. The van der Waals surface area contributed by atoms with E-state index >= 15 is 0 Å². The number of para-hydroxylation sites is 1. The van der Waals surface area contributed by atoms with E-state index in [1.54, 1.807) is 0 Å². The highest BCUT2D eigenvalue weighted by atomic mass is 16.3. The molecule has 1 aliphatic rings. The van der Waals surface area contributed by atoms with Crippen LogP contribution in [0.5, 0.6) is 0 Å². The van der Waals surface area contributed by atoms with Gasteiger partial charge >= 0.3 is 0 Å². The van der Waals surface area contributed by atoms with E-state index in [0.717, 1.165) is 26.2 Å². The summed E-state index contributed by atoms with van der Waals surface area (Å²) in [6, 6.07) is 8.40. The van der Waals surface area contributed by atoms with Gasteiger partial charge < -0.3 is 20.6 Å². The molecule has 1 saturated heterocycles. The monoisotopic (exact) mass is 249 g/mol. The van der Waals surface area contributed by atoms with Crippen molar-refractivity contribution in [2.75, 3.05) is 38.6 Å². The third-order valence-electron chi connectivity index (χ3n) is 3.50. The van der Waals surface area contributed by atoms with E-state index in [0.29, 0.717) is 5.92 Å². The van der Waals surface area contributed by atoms with E-state index < -0.39 is 0 Å². The number of nitrogens with one attached hydrogen (secondary N) is 2. The first-order valence-corrected chi connectivity index (χ1v) is 6.53. The summed E-state index contributed by atoms with van der Waals surface area (Å²) in [6.45, 7) is 3.33. The maximum Gasteiger partial charge on any atom is 0.0716 e. The van der Waals surface area contributed by atoms with Crippen molar-refractivity contribution in [1.29, 1.82) is 0 Å². The summed E-state index contributed by atoms with van der Waals surface area (Å²) in [6.07, 6.45) is -0.207. The Morgan fingerprint density at radius 2 is 2.11 bits per heavy atom. The van der Waals surface area contributed by atoms with Gasteiger partial charge in [0, 0.05) is 51.9 Å². The Kier molecular flexibility index (Phi) is 4.58. The lowest BCUT2D eigenvalue weighted by molar-refractivity contribution is 0.146. The molecule has 0 amide bonds. The van der Waals surface area contributed by atoms with Crippen LogP contribution in [0.3, 0.4) is 0 Å². The maximum absolute atomic E-state index is 9.72. The molecular weight excluding hydrogens is 226 g/mol. The third kappa shape index (κ3) is 3.22. The van der Waals surface area contributed by atoms with Crippen molar-refractivity contribution in [3.63, 3.8) is 0 Å². The van der Waals surface area contributed by atoms with Crippen molar-refractivity contribution in [2.45, 2.75) is 12.6 Å². The molecule has 3 N–H and O–H groups in total. The highest BCUT2D eigenvalue weighted by molar-refractivity contribution is 5.52. The molecule has 100 valence electrons. The van der Waals surface area contributed by atoms with Gasteiger partial charge in [-0.3, -0.25) is 0 Å². The standard InChI is InChI=1S/C14H23N3O/c1-17(2)13-6-4-3-5-11(13)7-15-8-12-9-16-10-14(12)18/h3-6,12,14-16,18H,7-10H2,1-2H3. The van der Waals surface area contributed by atoms with Crippen LogP contribution in [-0.4, -0.2) is 44.9 Å². The highest BCUT2D eigenvalue weighted by Crippen LogP contribution is 2.17. The number of anilines is 1. The molecule has 0 aromatic heterocycles. The van der Waals surface area contributed by atoms with Gasteiger partial charge in [-0.2, -0.15) is 0 Å². The average Bonchev–Trinajstić information content (AvgIpc) is 2.76. The number of aliphatic hydroxyl groups excluding tert-OH is 1. The summed E-state index contributed by atoms with van der Waals surface area (Å²) in [5, 5.41) is 16.4. The molecule has 1 aromatic rings. The average molecular weight is 249 g/mol. The zero-order valence-electron chi connectivity index (χ0n) is 11.2. The van der Waals surface area contributed by atoms with Crippen LogP contribution in [0.25, 0.3) is 0 Å². The number of hydrogen-bond donors (Lipinski definition) is 3. The minimum absolute atomic E-state index is 0.207. The van der Waals surface area contributed by atoms with Crippen molar-refractivity contribution in [3.05, 3.63) is 29.8 Å². The fourth-order valence-electron chi connectivity index (χ4n) is 2.42. The lowest BCUT2D eigenvalue weighted by atomic mass is 10.1. The molecule has 0 aliphatic carbocycles. The van der Waals surface area contributed by atoms with Gasteiger partial charge in [0.2, 0.25) is 0 Å². The molecule has 1 fully saturated rings. The molecule has 1 aliphatic heterocycles. The van der Waals surface area contributed by atoms with Crippen LogP contribution >= 0.6 is 0 Å². The maximum atomic E-state index is 9.72. The van der Waals surface area contributed by atoms with Gasteiger partial charge in [-0.25, -0.2) is 0 Å². The molecule has 1 aromatic carbocycles. The van der Waals surface area contributed by atoms with Gasteiger partial charge in [-0.1, -0.05) is 18.2 Å². The Hall–Kier alpha value is -1.10. The highest BCUT2D eigenvalue weighted by Gasteiger charge is 2.24. The first kappa shape index (κ1) is 13.3. The van der Waals surface area contributed by atoms with Crippen LogP contribution in [0.1, 0.15) is 5.56 Å². The van der Waals surface area contributed by atoms with Gasteiger partial charge in [0.05, 0.1) is 6.10 Å². The molecule has 18 heavy (non-hydrogen) atoms. The summed E-state index contributed by atoms with van der Waals surface area (Å²) >= 11 is 0. The van der Waals surface area contributed by atoms with E-state index in [1.807, 2.05) is 0 Å². The first-order chi connectivity index (χ1) is 8.68. The summed E-state index contributed by atoms with van der Waals surface area (Å²) in [5.74, 6) is 0.330. The zero-order valence-corrected chi connectivity index (χ0v) is 11.2. The van der Waals surface area contributed by atoms with Gasteiger partial charge in [0.1, 0.15) is 0 Å². The predicted molar refractivity (Wildman–Crippen MR) is 74.8 cm³/mol. The molecule has 0 spiro atoms. The molecule has 0 bridgehead atoms. The summed E-state index contributed by atoms with van der Waals surface area (Å²) in [4.78, 5) is 2.13. The second-order valence-corrected chi connectivity index (χ2v) is 5.14. The smallest absolute Gasteiger partial charge is 0.0716 e. The van der Waals surface area contributed by atoms with Gasteiger partial charge in [0.15, 0.2) is 0 Å². The molecule has 1 heterocycles. The number of nitrogens with zero attached hydrogens (tertiary/aromatic N) is 1. The van der Waals surface area contributed by atoms with E-state index in [4.69, 9.17) is 0 Å². The van der Waals surface area contributed by atoms with Crippen molar-refractivity contribution < 1.29 is 5.11 Å².